The summed E-state index contributed by atoms with van der Waals surface area (Å²) in [5.41, 5.74) is 5.15. The van der Waals surface area contributed by atoms with Crippen LogP contribution in [0.5, 0.6) is 0 Å². The number of imidazole rings is 1. The molecule has 0 unspecified atom stereocenters. The lowest BCUT2D eigenvalue weighted by molar-refractivity contribution is 0.673. The molecule has 0 aliphatic rings. The summed E-state index contributed by atoms with van der Waals surface area (Å²) in [6, 6.07) is 30.9. The Morgan fingerprint density at radius 2 is 1.47 bits per heavy atom. The predicted octanol–water partition coefficient (Wildman–Crippen LogP) is 6.54. The van der Waals surface area contributed by atoms with Crippen LogP contribution >= 0.6 is 0 Å². The van der Waals surface area contributed by atoms with E-state index in [0.717, 1.165) is 55.3 Å². The number of fused-ring (bicyclic) bond motifs is 6. The maximum atomic E-state index is 6.55. The number of hydrogen-bond donors (Lipinski definition) is 0. The number of benzene rings is 4. The largest absolute Gasteiger partial charge is 0.455 e. The van der Waals surface area contributed by atoms with E-state index in [4.69, 9.17) is 9.40 Å². The number of aromatic nitrogens is 4. The summed E-state index contributed by atoms with van der Waals surface area (Å²) in [5, 5.41) is 12.7. The first-order valence-electron chi connectivity index (χ1n) is 10.5. The highest BCUT2D eigenvalue weighted by Crippen LogP contribution is 2.39. The molecule has 0 atom stereocenters. The lowest BCUT2D eigenvalue weighted by Gasteiger charge is -2.09. The second kappa shape index (κ2) is 6.49. The topological polar surface area (TPSA) is 56.7 Å². The van der Waals surface area contributed by atoms with Gasteiger partial charge in [-0.1, -0.05) is 60.7 Å². The average Bonchev–Trinajstić information content (AvgIpc) is 3.43. The van der Waals surface area contributed by atoms with Gasteiger partial charge in [-0.3, -0.25) is 4.57 Å². The number of rotatable bonds is 2. The van der Waals surface area contributed by atoms with Crippen molar-refractivity contribution in [2.45, 2.75) is 0 Å². The molecule has 32 heavy (non-hydrogen) atoms. The summed E-state index contributed by atoms with van der Waals surface area (Å²) in [6.07, 6.45) is 1.70. The highest BCUT2D eigenvalue weighted by atomic mass is 16.3. The number of furan rings is 1. The van der Waals surface area contributed by atoms with Gasteiger partial charge in [0.05, 0.1) is 17.3 Å². The van der Waals surface area contributed by atoms with E-state index in [1.54, 1.807) is 6.20 Å². The molecule has 7 aromatic rings. The summed E-state index contributed by atoms with van der Waals surface area (Å²) in [4.78, 5) is 4.87. The van der Waals surface area contributed by atoms with Crippen LogP contribution < -0.4 is 0 Å². The van der Waals surface area contributed by atoms with Crippen LogP contribution in [0.3, 0.4) is 0 Å². The van der Waals surface area contributed by atoms with E-state index in [-0.39, 0.29) is 0 Å². The summed E-state index contributed by atoms with van der Waals surface area (Å²) in [6.45, 7) is 0. The quantitative estimate of drug-likeness (QED) is 0.324. The van der Waals surface area contributed by atoms with Crippen LogP contribution in [-0.4, -0.2) is 19.7 Å². The Labute approximate surface area is 182 Å². The summed E-state index contributed by atoms with van der Waals surface area (Å²) < 4.78 is 8.66. The van der Waals surface area contributed by atoms with Crippen molar-refractivity contribution >= 4 is 43.9 Å². The Morgan fingerprint density at radius 3 is 2.41 bits per heavy atom. The molecule has 0 amide bonds. The first kappa shape index (κ1) is 17.2. The van der Waals surface area contributed by atoms with E-state index in [1.807, 2.05) is 36.4 Å². The minimum absolute atomic E-state index is 0.602. The minimum Gasteiger partial charge on any atom is -0.455 e. The fourth-order valence-corrected chi connectivity index (χ4v) is 4.56. The van der Waals surface area contributed by atoms with Crippen molar-refractivity contribution in [2.75, 3.05) is 0 Å². The number of nitrogens with zero attached hydrogens (tertiary/aromatic N) is 4. The summed E-state index contributed by atoms with van der Waals surface area (Å²) >= 11 is 0. The van der Waals surface area contributed by atoms with Crippen LogP contribution in [0.25, 0.3) is 61.0 Å². The van der Waals surface area contributed by atoms with E-state index in [1.165, 1.54) is 0 Å². The first-order chi connectivity index (χ1) is 15.9. The lowest BCUT2D eigenvalue weighted by atomic mass is 10.0. The molecule has 4 aromatic carbocycles. The lowest BCUT2D eigenvalue weighted by Crippen LogP contribution is -1.97. The van der Waals surface area contributed by atoms with Crippen LogP contribution in [0.4, 0.5) is 0 Å². The van der Waals surface area contributed by atoms with Crippen molar-refractivity contribution < 1.29 is 4.42 Å². The van der Waals surface area contributed by atoms with E-state index in [0.29, 0.717) is 5.65 Å². The van der Waals surface area contributed by atoms with Crippen molar-refractivity contribution in [1.29, 1.82) is 0 Å². The normalized spacial score (nSPS) is 11.8. The van der Waals surface area contributed by atoms with Gasteiger partial charge in [0.25, 0.3) is 0 Å². The third-order valence-electron chi connectivity index (χ3n) is 5.99. The molecule has 0 saturated carbocycles. The molecule has 5 heteroatoms. The zero-order valence-corrected chi connectivity index (χ0v) is 16.9. The predicted molar refractivity (Wildman–Crippen MR) is 127 cm³/mol. The molecule has 0 fully saturated rings. The van der Waals surface area contributed by atoms with Gasteiger partial charge in [-0.2, -0.15) is 5.10 Å². The van der Waals surface area contributed by atoms with Crippen molar-refractivity contribution in [2.24, 2.45) is 0 Å². The molecular formula is C27H16N4O. The molecule has 7 rings (SSSR count). The zero-order chi connectivity index (χ0) is 21.1. The van der Waals surface area contributed by atoms with Crippen molar-refractivity contribution in [3.05, 3.63) is 97.2 Å². The Balaban J connectivity index is 1.61. The third-order valence-corrected chi connectivity index (χ3v) is 5.99. The number of hydrogen-bond acceptors (Lipinski definition) is 4. The van der Waals surface area contributed by atoms with Crippen LogP contribution in [0.1, 0.15) is 0 Å². The zero-order valence-electron chi connectivity index (χ0n) is 16.9. The molecule has 0 N–H and O–H groups in total. The average molecular weight is 412 g/mol. The van der Waals surface area contributed by atoms with Gasteiger partial charge in [-0.25, -0.2) is 4.98 Å². The fraction of sp³-hybridized carbons (Fsp3) is 0. The molecule has 0 radical (unpaired) electrons. The van der Waals surface area contributed by atoms with Gasteiger partial charge in [-0.15, -0.1) is 5.10 Å². The SMILES string of the molecule is c1ccc(-n2c(-c3cccc4c3oc3c5ccccc5ccc43)nc3nnccc32)cc1. The van der Waals surface area contributed by atoms with Gasteiger partial charge in [0.1, 0.15) is 11.2 Å². The second-order valence-corrected chi connectivity index (χ2v) is 7.79. The van der Waals surface area contributed by atoms with Gasteiger partial charge < -0.3 is 4.42 Å². The molecule has 5 nitrogen and oxygen atoms in total. The van der Waals surface area contributed by atoms with Gasteiger partial charge in [0.15, 0.2) is 5.82 Å². The maximum Gasteiger partial charge on any atom is 0.200 e. The molecule has 150 valence electrons. The highest BCUT2D eigenvalue weighted by molar-refractivity contribution is 6.17. The minimum atomic E-state index is 0.602. The molecule has 0 aliphatic heterocycles. The van der Waals surface area contributed by atoms with E-state index in [2.05, 4.69) is 69.4 Å². The van der Waals surface area contributed by atoms with E-state index >= 15 is 0 Å². The van der Waals surface area contributed by atoms with Crippen molar-refractivity contribution in [3.63, 3.8) is 0 Å². The highest BCUT2D eigenvalue weighted by Gasteiger charge is 2.20. The third kappa shape index (κ3) is 2.36. The molecular weight excluding hydrogens is 396 g/mol. The standard InChI is InChI=1S/C27H16N4O/c1-2-8-18(9-3-1)31-23-15-16-28-30-26(23)29-27(31)22-12-6-11-20-21-14-13-17-7-4-5-10-19(17)24(21)32-25(20)22/h1-16H. The summed E-state index contributed by atoms with van der Waals surface area (Å²) in [5.74, 6) is 0.778. The van der Waals surface area contributed by atoms with Crippen LogP contribution in [0, 0.1) is 0 Å². The molecule has 0 spiro atoms. The molecule has 3 aromatic heterocycles. The Bertz CT molecular complexity index is 1780. The molecule has 0 aliphatic carbocycles. The molecule has 0 bridgehead atoms. The summed E-state index contributed by atoms with van der Waals surface area (Å²) in [7, 11) is 0. The van der Waals surface area contributed by atoms with Gasteiger partial charge in [-0.05, 0) is 35.7 Å². The van der Waals surface area contributed by atoms with Gasteiger partial charge >= 0.3 is 0 Å². The Morgan fingerprint density at radius 1 is 0.656 bits per heavy atom. The monoisotopic (exact) mass is 412 g/mol. The van der Waals surface area contributed by atoms with Crippen LogP contribution in [0.2, 0.25) is 0 Å². The van der Waals surface area contributed by atoms with E-state index in [9.17, 15) is 0 Å². The second-order valence-electron chi connectivity index (χ2n) is 7.79. The van der Waals surface area contributed by atoms with Gasteiger partial charge in [0, 0.05) is 21.8 Å². The molecule has 0 saturated heterocycles. The maximum absolute atomic E-state index is 6.55. The Hall–Kier alpha value is -4.51. The van der Waals surface area contributed by atoms with E-state index < -0.39 is 0 Å². The molecule has 3 heterocycles. The van der Waals surface area contributed by atoms with Crippen LogP contribution in [-0.2, 0) is 0 Å². The first-order valence-corrected chi connectivity index (χ1v) is 10.5. The smallest absolute Gasteiger partial charge is 0.200 e. The number of para-hydroxylation sites is 2. The Kier molecular flexibility index (Phi) is 3.49. The van der Waals surface area contributed by atoms with Crippen LogP contribution in [0.15, 0.2) is 102 Å². The van der Waals surface area contributed by atoms with Crippen molar-refractivity contribution in [1.82, 2.24) is 19.7 Å². The van der Waals surface area contributed by atoms with Gasteiger partial charge in [0.2, 0.25) is 5.65 Å². The van der Waals surface area contributed by atoms with Crippen molar-refractivity contribution in [3.8, 4) is 17.1 Å². The fourth-order valence-electron chi connectivity index (χ4n) is 4.56.